The monoisotopic (exact) mass is 277 g/mol. The van der Waals surface area contributed by atoms with Gasteiger partial charge in [-0.15, -0.1) is 0 Å². The van der Waals surface area contributed by atoms with Gasteiger partial charge in [0.25, 0.3) is 0 Å². The van der Waals surface area contributed by atoms with Gasteiger partial charge in [0.05, 0.1) is 6.26 Å². The molecule has 1 rings (SSSR count). The average molecular weight is 277 g/mol. The van der Waals surface area contributed by atoms with E-state index in [1.807, 2.05) is 0 Å². The quantitative estimate of drug-likeness (QED) is 0.786. The molecule has 0 aliphatic carbocycles. The maximum absolute atomic E-state index is 11.5. The van der Waals surface area contributed by atoms with Crippen LogP contribution in [-0.4, -0.2) is 62.1 Å². The van der Waals surface area contributed by atoms with Gasteiger partial charge in [0.2, 0.25) is 10.0 Å². The van der Waals surface area contributed by atoms with Gasteiger partial charge in [0.1, 0.15) is 0 Å². The van der Waals surface area contributed by atoms with Crippen molar-refractivity contribution in [1.29, 1.82) is 0 Å². The van der Waals surface area contributed by atoms with E-state index < -0.39 is 10.0 Å². The lowest BCUT2D eigenvalue weighted by atomic mass is 9.88. The van der Waals surface area contributed by atoms with E-state index in [-0.39, 0.29) is 5.54 Å². The van der Waals surface area contributed by atoms with Gasteiger partial charge in [-0.2, -0.15) is 4.31 Å². The first-order chi connectivity index (χ1) is 8.19. The van der Waals surface area contributed by atoms with E-state index in [1.165, 1.54) is 6.26 Å². The van der Waals surface area contributed by atoms with E-state index in [1.54, 1.807) is 4.31 Å². The predicted octanol–water partition coefficient (Wildman–Crippen LogP) is 0.327. The van der Waals surface area contributed by atoms with Gasteiger partial charge < -0.3 is 5.73 Å². The summed E-state index contributed by atoms with van der Waals surface area (Å²) in [5.74, 6) is 0.589. The highest BCUT2D eigenvalue weighted by Gasteiger charge is 2.35. The number of nitrogens with zero attached hydrogens (tertiary/aromatic N) is 2. The summed E-state index contributed by atoms with van der Waals surface area (Å²) < 4.78 is 24.5. The van der Waals surface area contributed by atoms with Gasteiger partial charge in [-0.3, -0.25) is 4.90 Å². The average Bonchev–Trinajstić information content (AvgIpc) is 2.27. The van der Waals surface area contributed by atoms with Crippen LogP contribution in [0, 0.1) is 5.92 Å². The molecule has 0 radical (unpaired) electrons. The lowest BCUT2D eigenvalue weighted by molar-refractivity contribution is 0.0564. The van der Waals surface area contributed by atoms with Crippen LogP contribution in [-0.2, 0) is 10.0 Å². The van der Waals surface area contributed by atoms with Crippen molar-refractivity contribution in [2.75, 3.05) is 39.0 Å². The van der Waals surface area contributed by atoms with Crippen molar-refractivity contribution in [3.05, 3.63) is 0 Å². The maximum Gasteiger partial charge on any atom is 0.211 e. The molecule has 0 aromatic rings. The molecule has 18 heavy (non-hydrogen) atoms. The molecule has 0 spiro atoms. The second-order valence-corrected chi connectivity index (χ2v) is 7.93. The molecular weight excluding hydrogens is 250 g/mol. The van der Waals surface area contributed by atoms with Gasteiger partial charge in [-0.25, -0.2) is 8.42 Å². The first-order valence-electron chi connectivity index (χ1n) is 6.59. The van der Waals surface area contributed by atoms with Crippen LogP contribution in [0.3, 0.4) is 0 Å². The molecule has 1 saturated heterocycles. The maximum atomic E-state index is 11.5. The first-order valence-corrected chi connectivity index (χ1v) is 8.44. The van der Waals surface area contributed by atoms with Gasteiger partial charge >= 0.3 is 0 Å². The van der Waals surface area contributed by atoms with Crippen molar-refractivity contribution in [2.24, 2.45) is 11.7 Å². The lowest BCUT2D eigenvalue weighted by Gasteiger charge is -2.45. The molecule has 108 valence electrons. The zero-order valence-corrected chi connectivity index (χ0v) is 12.8. The Hall–Kier alpha value is -0.170. The summed E-state index contributed by atoms with van der Waals surface area (Å²) in [7, 11) is -3.05. The number of nitrogens with two attached hydrogens (primary N) is 1. The summed E-state index contributed by atoms with van der Waals surface area (Å²) in [4.78, 5) is 2.34. The summed E-state index contributed by atoms with van der Waals surface area (Å²) in [6.45, 7) is 9.88. The van der Waals surface area contributed by atoms with Crippen LogP contribution < -0.4 is 5.73 Å². The molecular formula is C12H27N3O2S. The summed E-state index contributed by atoms with van der Waals surface area (Å²) >= 11 is 0. The topological polar surface area (TPSA) is 66.6 Å². The van der Waals surface area contributed by atoms with E-state index in [0.29, 0.717) is 25.6 Å². The largest absolute Gasteiger partial charge is 0.329 e. The van der Waals surface area contributed by atoms with E-state index >= 15 is 0 Å². The normalized spacial score (nSPS) is 23.2. The van der Waals surface area contributed by atoms with E-state index in [0.717, 1.165) is 19.5 Å². The Morgan fingerprint density at radius 3 is 2.06 bits per heavy atom. The van der Waals surface area contributed by atoms with Crippen molar-refractivity contribution < 1.29 is 8.42 Å². The Kier molecular flexibility index (Phi) is 5.17. The van der Waals surface area contributed by atoms with Gasteiger partial charge in [0, 0.05) is 38.3 Å². The summed E-state index contributed by atoms with van der Waals surface area (Å²) in [5, 5.41) is 0. The smallest absolute Gasteiger partial charge is 0.211 e. The minimum atomic E-state index is -3.05. The molecule has 1 heterocycles. The van der Waals surface area contributed by atoms with Crippen molar-refractivity contribution in [3.8, 4) is 0 Å². The van der Waals surface area contributed by atoms with Crippen molar-refractivity contribution in [2.45, 2.75) is 32.7 Å². The highest BCUT2D eigenvalue weighted by molar-refractivity contribution is 7.88. The fraction of sp³-hybridized carbons (Fsp3) is 1.00. The van der Waals surface area contributed by atoms with Crippen LogP contribution in [0.25, 0.3) is 0 Å². The molecule has 5 nitrogen and oxygen atoms in total. The molecule has 6 heteroatoms. The fourth-order valence-corrected chi connectivity index (χ4v) is 3.61. The molecule has 1 unspecified atom stereocenters. The summed E-state index contributed by atoms with van der Waals surface area (Å²) in [6, 6.07) is 0. The molecule has 1 fully saturated rings. The molecule has 0 aromatic carbocycles. The Balaban J connectivity index is 2.66. The predicted molar refractivity (Wildman–Crippen MR) is 74.9 cm³/mol. The SMILES string of the molecule is CC(C)CC(C)(CN)N1CCN(S(C)(=O)=O)CC1. The fourth-order valence-electron chi connectivity index (χ4n) is 2.78. The van der Waals surface area contributed by atoms with Crippen molar-refractivity contribution >= 4 is 10.0 Å². The second-order valence-electron chi connectivity index (χ2n) is 5.95. The second kappa shape index (κ2) is 5.86. The molecule has 2 N–H and O–H groups in total. The number of rotatable bonds is 5. The third-order valence-electron chi connectivity index (χ3n) is 3.76. The molecule has 1 aliphatic heterocycles. The van der Waals surface area contributed by atoms with E-state index in [4.69, 9.17) is 5.73 Å². The summed E-state index contributed by atoms with van der Waals surface area (Å²) in [6.07, 6.45) is 2.32. The van der Waals surface area contributed by atoms with Crippen LogP contribution in [0.4, 0.5) is 0 Å². The zero-order valence-electron chi connectivity index (χ0n) is 12.0. The van der Waals surface area contributed by atoms with Gasteiger partial charge in [-0.1, -0.05) is 13.8 Å². The van der Waals surface area contributed by atoms with Crippen LogP contribution in [0.1, 0.15) is 27.2 Å². The van der Waals surface area contributed by atoms with E-state index in [2.05, 4.69) is 25.7 Å². The summed E-state index contributed by atoms with van der Waals surface area (Å²) in [5.41, 5.74) is 5.92. The van der Waals surface area contributed by atoms with Gasteiger partial charge in [0.15, 0.2) is 0 Å². The minimum Gasteiger partial charge on any atom is -0.329 e. The van der Waals surface area contributed by atoms with E-state index in [9.17, 15) is 8.42 Å². The van der Waals surface area contributed by atoms with Crippen LogP contribution >= 0.6 is 0 Å². The Labute approximate surface area is 111 Å². The highest BCUT2D eigenvalue weighted by atomic mass is 32.2. The Morgan fingerprint density at radius 2 is 1.72 bits per heavy atom. The highest BCUT2D eigenvalue weighted by Crippen LogP contribution is 2.24. The van der Waals surface area contributed by atoms with Crippen molar-refractivity contribution in [1.82, 2.24) is 9.21 Å². The van der Waals surface area contributed by atoms with Gasteiger partial charge in [-0.05, 0) is 19.3 Å². The molecule has 0 amide bonds. The number of sulfonamides is 1. The van der Waals surface area contributed by atoms with Crippen LogP contribution in [0.2, 0.25) is 0 Å². The molecule has 0 saturated carbocycles. The standard InChI is InChI=1S/C12H27N3O2S/c1-11(2)9-12(3,10-13)14-5-7-15(8-6-14)18(4,16)17/h11H,5-10,13H2,1-4H3. The number of hydrogen-bond donors (Lipinski definition) is 1. The third kappa shape index (κ3) is 3.91. The van der Waals surface area contributed by atoms with Crippen molar-refractivity contribution in [3.63, 3.8) is 0 Å². The molecule has 1 atom stereocenters. The zero-order chi connectivity index (χ0) is 14.0. The first kappa shape index (κ1) is 15.9. The third-order valence-corrected chi connectivity index (χ3v) is 5.06. The minimum absolute atomic E-state index is 0.0161. The molecule has 0 bridgehead atoms. The van der Waals surface area contributed by atoms with Crippen LogP contribution in [0.5, 0.6) is 0 Å². The number of piperazine rings is 1. The number of hydrogen-bond acceptors (Lipinski definition) is 4. The lowest BCUT2D eigenvalue weighted by Crippen LogP contribution is -2.59. The Bertz CT molecular complexity index is 362. The molecule has 0 aromatic heterocycles. The Morgan fingerprint density at radius 1 is 1.22 bits per heavy atom. The molecule has 1 aliphatic rings. The van der Waals surface area contributed by atoms with Crippen LogP contribution in [0.15, 0.2) is 0 Å².